The van der Waals surface area contributed by atoms with Gasteiger partial charge in [0.15, 0.2) is 6.61 Å². The fraction of sp³-hybridized carbons (Fsp3) is 0.435. The molecule has 2 aromatic carbocycles. The molecule has 0 radical (unpaired) electrons. The molecule has 1 amide bonds. The molecule has 142 valence electrons. The second-order valence-electron chi connectivity index (χ2n) is 7.90. The van der Waals surface area contributed by atoms with Crippen LogP contribution in [-0.2, 0) is 4.79 Å². The van der Waals surface area contributed by atoms with E-state index in [2.05, 4.69) is 42.3 Å². The van der Waals surface area contributed by atoms with Gasteiger partial charge in [-0.15, -0.1) is 0 Å². The van der Waals surface area contributed by atoms with Crippen LogP contribution in [0.2, 0.25) is 0 Å². The lowest BCUT2D eigenvalue weighted by atomic mass is 9.81. The van der Waals surface area contributed by atoms with Crippen molar-refractivity contribution in [2.24, 2.45) is 0 Å². The largest absolute Gasteiger partial charge is 0.484 e. The summed E-state index contributed by atoms with van der Waals surface area (Å²) in [6.45, 7) is 2.88. The Bertz CT molecular complexity index is 754. The van der Waals surface area contributed by atoms with Crippen molar-refractivity contribution >= 4 is 5.91 Å². The highest BCUT2D eigenvalue weighted by Crippen LogP contribution is 2.43. The summed E-state index contributed by atoms with van der Waals surface area (Å²) >= 11 is 0. The maximum Gasteiger partial charge on any atom is 0.260 e. The Morgan fingerprint density at radius 3 is 2.33 bits per heavy atom. The highest BCUT2D eigenvalue weighted by atomic mass is 16.5. The lowest BCUT2D eigenvalue weighted by molar-refractivity contribution is -0.135. The van der Waals surface area contributed by atoms with Crippen LogP contribution in [-0.4, -0.2) is 54.5 Å². The first-order valence-electron chi connectivity index (χ1n) is 9.88. The van der Waals surface area contributed by atoms with E-state index >= 15 is 0 Å². The number of likely N-dealkylation sites (N-methyl/N-ethyl adjacent to an activating group) is 1. The third-order valence-corrected chi connectivity index (χ3v) is 6.35. The lowest BCUT2D eigenvalue weighted by Crippen LogP contribution is -2.52. The number of nitrogens with zero attached hydrogens (tertiary/aromatic N) is 2. The van der Waals surface area contributed by atoms with Gasteiger partial charge in [-0.3, -0.25) is 9.69 Å². The van der Waals surface area contributed by atoms with Crippen LogP contribution in [0.3, 0.4) is 0 Å². The van der Waals surface area contributed by atoms with E-state index in [-0.39, 0.29) is 18.1 Å². The predicted molar refractivity (Wildman–Crippen MR) is 107 cm³/mol. The number of piperidine rings is 1. The number of benzene rings is 2. The molecule has 0 aliphatic carbocycles. The Morgan fingerprint density at radius 1 is 1.04 bits per heavy atom. The summed E-state index contributed by atoms with van der Waals surface area (Å²) in [6.07, 6.45) is 3.28. The van der Waals surface area contributed by atoms with Crippen LogP contribution in [0.25, 0.3) is 0 Å². The molecule has 2 aliphatic heterocycles. The molecule has 4 rings (SSSR count). The summed E-state index contributed by atoms with van der Waals surface area (Å²) in [6, 6.07) is 20.4. The molecule has 0 N–H and O–H groups in total. The monoisotopic (exact) mass is 364 g/mol. The Morgan fingerprint density at radius 2 is 1.67 bits per heavy atom. The van der Waals surface area contributed by atoms with Gasteiger partial charge in [0.05, 0.1) is 0 Å². The summed E-state index contributed by atoms with van der Waals surface area (Å²) in [5.74, 6) is 1.44. The molecule has 1 atom stereocenters. The van der Waals surface area contributed by atoms with Crippen molar-refractivity contribution in [3.05, 3.63) is 66.2 Å². The number of ether oxygens (including phenoxy) is 1. The summed E-state index contributed by atoms with van der Waals surface area (Å²) < 4.78 is 5.63. The number of hydrogen-bond acceptors (Lipinski definition) is 3. The highest BCUT2D eigenvalue weighted by molar-refractivity contribution is 5.77. The maximum atomic E-state index is 12.5. The zero-order chi connectivity index (χ0) is 18.7. The smallest absolute Gasteiger partial charge is 0.260 e. The van der Waals surface area contributed by atoms with Crippen LogP contribution >= 0.6 is 0 Å². The zero-order valence-electron chi connectivity index (χ0n) is 16.0. The molecule has 0 saturated carbocycles. The molecule has 0 aromatic heterocycles. The van der Waals surface area contributed by atoms with Crippen molar-refractivity contribution in [3.8, 4) is 5.75 Å². The van der Waals surface area contributed by atoms with Gasteiger partial charge in [-0.25, -0.2) is 0 Å². The quantitative estimate of drug-likeness (QED) is 0.832. The van der Waals surface area contributed by atoms with Gasteiger partial charge < -0.3 is 9.64 Å². The molecule has 2 aromatic rings. The average molecular weight is 364 g/mol. The molecule has 2 heterocycles. The molecule has 2 aliphatic rings. The van der Waals surface area contributed by atoms with Gasteiger partial charge in [-0.2, -0.15) is 0 Å². The van der Waals surface area contributed by atoms with Crippen LogP contribution in [0.5, 0.6) is 5.75 Å². The fourth-order valence-corrected chi connectivity index (χ4v) is 4.66. The zero-order valence-corrected chi connectivity index (χ0v) is 16.0. The molecule has 1 spiro atoms. The van der Waals surface area contributed by atoms with Gasteiger partial charge in [0.1, 0.15) is 5.75 Å². The first-order valence-corrected chi connectivity index (χ1v) is 9.88. The number of amides is 1. The van der Waals surface area contributed by atoms with Gasteiger partial charge in [0.25, 0.3) is 5.91 Å². The number of carbonyl (C=O) groups excluding carboxylic acids is 1. The predicted octanol–water partition coefficient (Wildman–Crippen LogP) is 3.55. The van der Waals surface area contributed by atoms with Gasteiger partial charge in [0, 0.05) is 25.2 Å². The second-order valence-corrected chi connectivity index (χ2v) is 7.90. The Balaban J connectivity index is 1.32. The SMILES string of the molecule is CN1C[C@H](c2ccccc2)CC12CCN(C(=O)COc1ccccc1)CC2. The number of rotatable bonds is 4. The van der Waals surface area contributed by atoms with Crippen molar-refractivity contribution in [1.29, 1.82) is 0 Å². The van der Waals surface area contributed by atoms with Crippen LogP contribution in [0.15, 0.2) is 60.7 Å². The molecule has 2 fully saturated rings. The summed E-state index contributed by atoms with van der Waals surface area (Å²) in [5.41, 5.74) is 1.67. The lowest BCUT2D eigenvalue weighted by Gasteiger charge is -2.43. The van der Waals surface area contributed by atoms with E-state index in [0.717, 1.165) is 38.2 Å². The Labute approximate surface area is 161 Å². The van der Waals surface area contributed by atoms with E-state index in [1.54, 1.807) is 0 Å². The minimum absolute atomic E-state index is 0.0916. The van der Waals surface area contributed by atoms with E-state index in [1.807, 2.05) is 35.2 Å². The standard InChI is InChI=1S/C23H28N2O2/c1-24-17-20(19-8-4-2-5-9-19)16-23(24)12-14-25(15-13-23)22(26)18-27-21-10-6-3-7-11-21/h2-11,20H,12-18H2,1H3/t20-/m1/s1. The normalized spacial score (nSPS) is 22.1. The summed E-state index contributed by atoms with van der Waals surface area (Å²) in [4.78, 5) is 17.0. The molecular formula is C23H28N2O2. The number of hydrogen-bond donors (Lipinski definition) is 0. The van der Waals surface area contributed by atoms with Crippen LogP contribution < -0.4 is 4.74 Å². The number of carbonyl (C=O) groups is 1. The van der Waals surface area contributed by atoms with Crippen molar-refractivity contribution in [1.82, 2.24) is 9.80 Å². The fourth-order valence-electron chi connectivity index (χ4n) is 4.66. The minimum Gasteiger partial charge on any atom is -0.484 e. The highest BCUT2D eigenvalue weighted by Gasteiger charge is 2.46. The van der Waals surface area contributed by atoms with E-state index in [0.29, 0.717) is 5.92 Å². The first kappa shape index (κ1) is 18.1. The van der Waals surface area contributed by atoms with Crippen LogP contribution in [0.1, 0.15) is 30.7 Å². The van der Waals surface area contributed by atoms with Crippen molar-refractivity contribution < 1.29 is 9.53 Å². The van der Waals surface area contributed by atoms with Crippen molar-refractivity contribution in [2.75, 3.05) is 33.3 Å². The van der Waals surface area contributed by atoms with E-state index < -0.39 is 0 Å². The van der Waals surface area contributed by atoms with Crippen molar-refractivity contribution in [2.45, 2.75) is 30.7 Å². The third kappa shape index (κ3) is 3.86. The Kier molecular flexibility index (Phi) is 5.17. The Hall–Kier alpha value is -2.33. The molecule has 4 nitrogen and oxygen atoms in total. The van der Waals surface area contributed by atoms with Crippen molar-refractivity contribution in [3.63, 3.8) is 0 Å². The van der Waals surface area contributed by atoms with Gasteiger partial charge in [0.2, 0.25) is 0 Å². The van der Waals surface area contributed by atoms with E-state index in [9.17, 15) is 4.79 Å². The average Bonchev–Trinajstić information content (AvgIpc) is 3.04. The number of para-hydroxylation sites is 1. The minimum atomic E-state index is 0.0916. The molecule has 4 heteroatoms. The third-order valence-electron chi connectivity index (χ3n) is 6.35. The first-order chi connectivity index (χ1) is 13.2. The second kappa shape index (κ2) is 7.73. The van der Waals surface area contributed by atoms with E-state index in [1.165, 1.54) is 12.0 Å². The molecule has 2 saturated heterocycles. The summed E-state index contributed by atoms with van der Waals surface area (Å²) in [5, 5.41) is 0. The van der Waals surface area contributed by atoms with Crippen LogP contribution in [0.4, 0.5) is 0 Å². The van der Waals surface area contributed by atoms with Crippen LogP contribution in [0, 0.1) is 0 Å². The van der Waals surface area contributed by atoms with Gasteiger partial charge in [-0.1, -0.05) is 48.5 Å². The molecular weight excluding hydrogens is 336 g/mol. The molecule has 0 bridgehead atoms. The molecule has 27 heavy (non-hydrogen) atoms. The maximum absolute atomic E-state index is 12.5. The molecule has 0 unspecified atom stereocenters. The van der Waals surface area contributed by atoms with Gasteiger partial charge in [-0.05, 0) is 49.9 Å². The van der Waals surface area contributed by atoms with E-state index in [4.69, 9.17) is 4.74 Å². The van der Waals surface area contributed by atoms with Gasteiger partial charge >= 0.3 is 0 Å². The number of likely N-dealkylation sites (tertiary alicyclic amines) is 2. The topological polar surface area (TPSA) is 32.8 Å². The summed E-state index contributed by atoms with van der Waals surface area (Å²) in [7, 11) is 2.25.